The first-order valence-electron chi connectivity index (χ1n) is 4.62. The first kappa shape index (κ1) is 11.4. The van der Waals surface area contributed by atoms with E-state index in [0.29, 0.717) is 11.1 Å². The minimum Gasteiger partial charge on any atom is -0.448 e. The maximum atomic E-state index is 11.9. The van der Waals surface area contributed by atoms with Crippen LogP contribution in [-0.2, 0) is 6.54 Å². The zero-order valence-electron chi connectivity index (χ0n) is 8.21. The van der Waals surface area contributed by atoms with Crippen molar-refractivity contribution in [3.8, 4) is 0 Å². The van der Waals surface area contributed by atoms with E-state index >= 15 is 0 Å². The Balaban J connectivity index is 2.60. The fourth-order valence-electron chi connectivity index (χ4n) is 1.41. The molecular weight excluding hydrogens is 248 g/mol. The van der Waals surface area contributed by atoms with Crippen LogP contribution in [0, 0.1) is 0 Å². The van der Waals surface area contributed by atoms with Crippen molar-refractivity contribution in [2.75, 3.05) is 5.75 Å². The van der Waals surface area contributed by atoms with Crippen LogP contribution >= 0.6 is 25.3 Å². The van der Waals surface area contributed by atoms with Gasteiger partial charge in [-0.15, -0.1) is 0 Å². The van der Waals surface area contributed by atoms with Gasteiger partial charge in [0.05, 0.1) is 6.26 Å². The lowest BCUT2D eigenvalue weighted by Gasteiger charge is -2.08. The van der Waals surface area contributed by atoms with Gasteiger partial charge in [-0.05, 0) is 6.07 Å². The summed E-state index contributed by atoms with van der Waals surface area (Å²) in [4.78, 5) is 26.0. The SMILES string of the molecule is O=c1[nH]c2occc2c(=O)n1C[C@@H](S)CS. The van der Waals surface area contributed by atoms with Crippen molar-refractivity contribution in [1.82, 2.24) is 9.55 Å². The number of thiol groups is 2. The number of nitrogens with one attached hydrogen (secondary N) is 1. The summed E-state index contributed by atoms with van der Waals surface area (Å²) in [5.41, 5.74) is -0.658. The van der Waals surface area contributed by atoms with E-state index in [4.69, 9.17) is 4.42 Å². The molecule has 0 bridgehead atoms. The number of aromatic nitrogens is 2. The van der Waals surface area contributed by atoms with E-state index in [1.165, 1.54) is 12.3 Å². The number of hydrogen-bond donors (Lipinski definition) is 3. The van der Waals surface area contributed by atoms with Gasteiger partial charge in [0.25, 0.3) is 5.56 Å². The molecule has 7 heteroatoms. The van der Waals surface area contributed by atoms with Crippen LogP contribution in [0.1, 0.15) is 0 Å². The Labute approximate surface area is 101 Å². The normalized spacial score (nSPS) is 13.1. The largest absolute Gasteiger partial charge is 0.448 e. The van der Waals surface area contributed by atoms with Gasteiger partial charge in [-0.25, -0.2) is 4.79 Å². The molecule has 0 radical (unpaired) electrons. The van der Waals surface area contributed by atoms with Gasteiger partial charge in [-0.1, -0.05) is 0 Å². The monoisotopic (exact) mass is 258 g/mol. The van der Waals surface area contributed by atoms with Gasteiger partial charge >= 0.3 is 5.69 Å². The first-order chi connectivity index (χ1) is 7.63. The van der Waals surface area contributed by atoms with Crippen molar-refractivity contribution in [2.45, 2.75) is 11.8 Å². The smallest absolute Gasteiger partial charge is 0.331 e. The lowest BCUT2D eigenvalue weighted by atomic mass is 10.4. The van der Waals surface area contributed by atoms with E-state index in [2.05, 4.69) is 30.2 Å². The van der Waals surface area contributed by atoms with Gasteiger partial charge in [0.2, 0.25) is 5.71 Å². The van der Waals surface area contributed by atoms with E-state index in [1.54, 1.807) is 0 Å². The van der Waals surface area contributed by atoms with E-state index in [1.807, 2.05) is 0 Å². The molecule has 0 spiro atoms. The predicted octanol–water partition coefficient (Wildman–Crippen LogP) is 0.511. The maximum absolute atomic E-state index is 11.9. The second-order valence-electron chi connectivity index (χ2n) is 3.35. The highest BCUT2D eigenvalue weighted by Gasteiger charge is 2.11. The van der Waals surface area contributed by atoms with Gasteiger partial charge in [0, 0.05) is 17.5 Å². The van der Waals surface area contributed by atoms with Crippen LogP contribution in [0.2, 0.25) is 0 Å². The average molecular weight is 258 g/mol. The van der Waals surface area contributed by atoms with E-state index in [-0.39, 0.29) is 23.1 Å². The zero-order chi connectivity index (χ0) is 11.7. The molecule has 2 aromatic rings. The lowest BCUT2D eigenvalue weighted by molar-refractivity contribution is 0.584. The molecule has 2 heterocycles. The van der Waals surface area contributed by atoms with Crippen molar-refractivity contribution in [1.29, 1.82) is 0 Å². The summed E-state index contributed by atoms with van der Waals surface area (Å²) in [6.45, 7) is 0.224. The van der Waals surface area contributed by atoms with Crippen LogP contribution in [0.3, 0.4) is 0 Å². The third-order valence-corrected chi connectivity index (χ3v) is 3.29. The number of furan rings is 1. The van der Waals surface area contributed by atoms with E-state index in [0.717, 1.165) is 4.57 Å². The molecule has 0 fully saturated rings. The molecule has 1 atom stereocenters. The molecule has 0 aliphatic rings. The summed E-state index contributed by atoms with van der Waals surface area (Å²) >= 11 is 8.26. The number of nitrogens with zero attached hydrogens (tertiary/aromatic N) is 1. The number of H-pyrrole nitrogens is 1. The molecule has 0 amide bonds. The summed E-state index contributed by atoms with van der Waals surface area (Å²) in [6, 6.07) is 1.53. The molecule has 0 aliphatic heterocycles. The molecular formula is C9H10N2O3S2. The van der Waals surface area contributed by atoms with Gasteiger partial charge in [-0.2, -0.15) is 25.3 Å². The maximum Gasteiger partial charge on any atom is 0.331 e. The minimum absolute atomic E-state index is 0.147. The Morgan fingerprint density at radius 3 is 2.94 bits per heavy atom. The number of rotatable bonds is 3. The van der Waals surface area contributed by atoms with E-state index < -0.39 is 5.69 Å². The van der Waals surface area contributed by atoms with Crippen molar-refractivity contribution < 1.29 is 4.42 Å². The molecule has 16 heavy (non-hydrogen) atoms. The quantitative estimate of drug-likeness (QED) is 0.703. The molecule has 0 saturated heterocycles. The minimum atomic E-state index is -0.492. The van der Waals surface area contributed by atoms with Gasteiger partial charge in [-0.3, -0.25) is 14.3 Å². The molecule has 0 aromatic carbocycles. The molecule has 0 saturated carbocycles. The van der Waals surface area contributed by atoms with Gasteiger partial charge in [0.1, 0.15) is 5.39 Å². The van der Waals surface area contributed by atoms with Gasteiger partial charge < -0.3 is 4.42 Å². The Kier molecular flexibility index (Phi) is 3.15. The Bertz CT molecular complexity index is 613. The summed E-state index contributed by atoms with van der Waals surface area (Å²) in [7, 11) is 0. The average Bonchev–Trinajstić information content (AvgIpc) is 2.71. The van der Waals surface area contributed by atoms with Crippen molar-refractivity contribution in [3.63, 3.8) is 0 Å². The Morgan fingerprint density at radius 2 is 2.25 bits per heavy atom. The van der Waals surface area contributed by atoms with Crippen LogP contribution in [-0.4, -0.2) is 20.6 Å². The molecule has 86 valence electrons. The predicted molar refractivity (Wildman–Crippen MR) is 67.7 cm³/mol. The fourth-order valence-corrected chi connectivity index (χ4v) is 1.69. The summed E-state index contributed by atoms with van der Waals surface area (Å²) < 4.78 is 6.07. The van der Waals surface area contributed by atoms with Crippen LogP contribution in [0.25, 0.3) is 11.1 Å². The summed E-state index contributed by atoms with van der Waals surface area (Å²) in [5.74, 6) is 0.485. The Morgan fingerprint density at radius 1 is 1.50 bits per heavy atom. The zero-order valence-corrected chi connectivity index (χ0v) is 10.0. The molecule has 1 N–H and O–H groups in total. The fraction of sp³-hybridized carbons (Fsp3) is 0.333. The van der Waals surface area contributed by atoms with Crippen LogP contribution in [0.5, 0.6) is 0 Å². The summed E-state index contributed by atoms with van der Waals surface area (Å²) in [6.07, 6.45) is 1.36. The standard InChI is InChI=1S/C9H10N2O3S2/c12-8-6-1-2-14-7(6)10-9(13)11(8)3-5(16)4-15/h1-2,5,15-16H,3-4H2,(H,10,13)/t5-/m1/s1. The lowest BCUT2D eigenvalue weighted by Crippen LogP contribution is -2.37. The van der Waals surface area contributed by atoms with Crippen molar-refractivity contribution in [2.24, 2.45) is 0 Å². The van der Waals surface area contributed by atoms with Crippen molar-refractivity contribution >= 4 is 36.4 Å². The third-order valence-electron chi connectivity index (χ3n) is 2.21. The highest BCUT2D eigenvalue weighted by molar-refractivity contribution is 7.84. The molecule has 5 nitrogen and oxygen atoms in total. The van der Waals surface area contributed by atoms with Crippen LogP contribution < -0.4 is 11.2 Å². The molecule has 2 rings (SSSR count). The molecule has 2 aromatic heterocycles. The second kappa shape index (κ2) is 4.42. The number of fused-ring (bicyclic) bond motifs is 1. The van der Waals surface area contributed by atoms with Crippen molar-refractivity contribution in [3.05, 3.63) is 33.2 Å². The van der Waals surface area contributed by atoms with Gasteiger partial charge in [0.15, 0.2) is 0 Å². The Hall–Kier alpha value is -1.08. The van der Waals surface area contributed by atoms with E-state index in [9.17, 15) is 9.59 Å². The number of hydrogen-bond acceptors (Lipinski definition) is 5. The highest BCUT2D eigenvalue weighted by atomic mass is 32.1. The van der Waals surface area contributed by atoms with Crippen LogP contribution in [0.15, 0.2) is 26.3 Å². The molecule has 0 unspecified atom stereocenters. The number of aromatic amines is 1. The molecule has 0 aliphatic carbocycles. The van der Waals surface area contributed by atoms with Crippen LogP contribution in [0.4, 0.5) is 0 Å². The second-order valence-corrected chi connectivity index (χ2v) is 4.44. The topological polar surface area (TPSA) is 68.0 Å². The first-order valence-corrected chi connectivity index (χ1v) is 5.77. The highest BCUT2D eigenvalue weighted by Crippen LogP contribution is 2.05. The third kappa shape index (κ3) is 1.92. The summed E-state index contributed by atoms with van der Waals surface area (Å²) in [5, 5.41) is 0.214.